The Morgan fingerprint density at radius 2 is 0.893 bits per heavy atom. The van der Waals surface area contributed by atoms with Crippen molar-refractivity contribution in [1.29, 1.82) is 0 Å². The van der Waals surface area contributed by atoms with Crippen LogP contribution >= 0.6 is 0 Å². The van der Waals surface area contributed by atoms with Gasteiger partial charge in [-0.25, -0.2) is 4.79 Å². The Labute approximate surface area is 330 Å². The number of ether oxygens (including phenoxy) is 4. The van der Waals surface area contributed by atoms with E-state index in [2.05, 4.69) is 9.80 Å². The van der Waals surface area contributed by atoms with Gasteiger partial charge < -0.3 is 39.0 Å². The van der Waals surface area contributed by atoms with E-state index in [1.54, 1.807) is 9.80 Å². The number of benzene rings is 4. The largest absolute Gasteiger partial charge is 0.492 e. The van der Waals surface area contributed by atoms with Crippen LogP contribution in [0.25, 0.3) is 0 Å². The van der Waals surface area contributed by atoms with Gasteiger partial charge in [0, 0.05) is 52.4 Å². The molecule has 7 rings (SSSR count). The minimum atomic E-state index is -1.22. The van der Waals surface area contributed by atoms with Crippen molar-refractivity contribution in [1.82, 2.24) is 19.6 Å². The van der Waals surface area contributed by atoms with E-state index in [0.717, 1.165) is 99.4 Å². The summed E-state index contributed by atoms with van der Waals surface area (Å²) in [6, 6.07) is 33.8. The first-order chi connectivity index (χ1) is 27.5. The first kappa shape index (κ1) is 39.7. The fourth-order valence-corrected chi connectivity index (χ4v) is 7.83. The highest BCUT2D eigenvalue weighted by atomic mass is 16.5. The van der Waals surface area contributed by atoms with E-state index in [9.17, 15) is 10.2 Å². The van der Waals surface area contributed by atoms with Gasteiger partial charge in [0.05, 0.1) is 38.5 Å². The van der Waals surface area contributed by atoms with Crippen LogP contribution in [-0.4, -0.2) is 139 Å². The maximum atomic E-state index is 15.0. The molecule has 4 atom stereocenters. The van der Waals surface area contributed by atoms with Crippen LogP contribution in [-0.2, 0) is 35.4 Å². The van der Waals surface area contributed by atoms with Gasteiger partial charge in [-0.2, -0.15) is 0 Å². The van der Waals surface area contributed by atoms with Crippen LogP contribution in [0.2, 0.25) is 0 Å². The molecule has 0 radical (unpaired) electrons. The molecule has 4 aromatic carbocycles. The normalized spacial score (nSPS) is 22.5. The van der Waals surface area contributed by atoms with E-state index in [1.807, 2.05) is 109 Å². The number of morpholine rings is 2. The minimum absolute atomic E-state index is 0.227. The molecule has 11 nitrogen and oxygen atoms in total. The highest BCUT2D eigenvalue weighted by Crippen LogP contribution is 2.31. The molecule has 0 unspecified atom stereocenters. The lowest BCUT2D eigenvalue weighted by atomic mass is 9.90. The smallest absolute Gasteiger partial charge is 0.321 e. The standard InChI is InChI=1S/C45H56N4O7/c50-43-41(31-35-11-15-39(16-12-35)55-29-23-46-19-25-53-26-20-46)48(33-37-7-3-1-4-8-37)45(52)49(34-38-9-5-2-6-10-38)42(44(43)51)32-36-13-17-40(18-14-36)56-30-24-47-21-27-54-28-22-47/h1-18,41-44,50-51H,19-34H2/t41-,42-,43+,44+/m1/s1. The van der Waals surface area contributed by atoms with Crippen LogP contribution in [0, 0.1) is 0 Å². The molecule has 11 heteroatoms. The number of hydrogen-bond donors (Lipinski definition) is 2. The third kappa shape index (κ3) is 10.9. The fourth-order valence-electron chi connectivity index (χ4n) is 7.83. The molecule has 3 fully saturated rings. The van der Waals surface area contributed by atoms with Crippen LogP contribution < -0.4 is 9.47 Å². The number of amides is 2. The highest BCUT2D eigenvalue weighted by Gasteiger charge is 2.46. The number of carbonyl (C=O) groups excluding carboxylic acids is 1. The van der Waals surface area contributed by atoms with Crippen molar-refractivity contribution in [2.24, 2.45) is 0 Å². The Hall–Kier alpha value is -4.49. The zero-order valence-electron chi connectivity index (χ0n) is 32.2. The monoisotopic (exact) mass is 764 g/mol. The van der Waals surface area contributed by atoms with Gasteiger partial charge in [0.25, 0.3) is 0 Å². The van der Waals surface area contributed by atoms with Crippen molar-refractivity contribution in [3.05, 3.63) is 131 Å². The first-order valence-corrected chi connectivity index (χ1v) is 20.0. The lowest BCUT2D eigenvalue weighted by Gasteiger charge is -2.36. The van der Waals surface area contributed by atoms with Crippen molar-refractivity contribution < 1.29 is 34.0 Å². The number of rotatable bonds is 16. The highest BCUT2D eigenvalue weighted by molar-refractivity contribution is 5.76. The van der Waals surface area contributed by atoms with Gasteiger partial charge in [-0.15, -0.1) is 0 Å². The molecule has 0 aromatic heterocycles. The van der Waals surface area contributed by atoms with Gasteiger partial charge in [-0.3, -0.25) is 9.80 Å². The topological polar surface area (TPSA) is 107 Å². The molecular weight excluding hydrogens is 709 g/mol. The summed E-state index contributed by atoms with van der Waals surface area (Å²) in [4.78, 5) is 23.2. The number of urea groups is 1. The molecule has 4 aromatic rings. The van der Waals surface area contributed by atoms with Crippen LogP contribution in [0.1, 0.15) is 22.3 Å². The molecule has 3 saturated heterocycles. The maximum absolute atomic E-state index is 15.0. The fraction of sp³-hybridized carbons (Fsp3) is 0.444. The van der Waals surface area contributed by atoms with E-state index in [4.69, 9.17) is 18.9 Å². The molecular formula is C45H56N4O7. The van der Waals surface area contributed by atoms with Crippen molar-refractivity contribution in [3.8, 4) is 11.5 Å². The van der Waals surface area contributed by atoms with Gasteiger partial charge in [0.1, 0.15) is 36.9 Å². The molecule has 0 saturated carbocycles. The third-order valence-corrected chi connectivity index (χ3v) is 11.1. The summed E-state index contributed by atoms with van der Waals surface area (Å²) >= 11 is 0. The summed E-state index contributed by atoms with van der Waals surface area (Å²) in [6.45, 7) is 10.1. The summed E-state index contributed by atoms with van der Waals surface area (Å²) in [5.74, 6) is 1.53. The summed E-state index contributed by atoms with van der Waals surface area (Å²) in [6.07, 6.45) is -1.73. The Balaban J connectivity index is 1.10. The molecule has 3 aliphatic rings. The van der Waals surface area contributed by atoms with Gasteiger partial charge in [-0.05, 0) is 59.4 Å². The van der Waals surface area contributed by atoms with Crippen molar-refractivity contribution in [2.75, 3.05) is 78.9 Å². The Morgan fingerprint density at radius 1 is 0.518 bits per heavy atom. The second-order valence-corrected chi connectivity index (χ2v) is 14.9. The van der Waals surface area contributed by atoms with E-state index in [0.29, 0.717) is 26.1 Å². The molecule has 56 heavy (non-hydrogen) atoms. The SMILES string of the molecule is O=C1N(Cc2ccccc2)[C@H](Cc2ccc(OCCN3CCOCC3)cc2)[C@H](O)[C@@H](O)[C@@H](Cc2ccc(OCCN3CCOCC3)cc2)N1Cc1ccccc1. The zero-order chi connectivity index (χ0) is 38.5. The van der Waals surface area contributed by atoms with Gasteiger partial charge in [-0.1, -0.05) is 84.9 Å². The summed E-state index contributed by atoms with van der Waals surface area (Å²) in [7, 11) is 0. The quantitative estimate of drug-likeness (QED) is 0.171. The molecule has 298 valence electrons. The number of aliphatic hydroxyl groups is 2. The summed E-state index contributed by atoms with van der Waals surface area (Å²) in [5, 5.41) is 24.4. The average molecular weight is 765 g/mol. The Morgan fingerprint density at radius 3 is 1.27 bits per heavy atom. The van der Waals surface area contributed by atoms with Crippen molar-refractivity contribution >= 4 is 6.03 Å². The predicted molar refractivity (Wildman–Crippen MR) is 215 cm³/mol. The van der Waals surface area contributed by atoms with Gasteiger partial charge >= 0.3 is 6.03 Å². The van der Waals surface area contributed by atoms with E-state index in [1.165, 1.54) is 0 Å². The summed E-state index contributed by atoms with van der Waals surface area (Å²) in [5.41, 5.74) is 3.76. The Kier molecular flexibility index (Phi) is 14.3. The van der Waals surface area contributed by atoms with Crippen LogP contribution in [0.3, 0.4) is 0 Å². The number of hydrogen-bond acceptors (Lipinski definition) is 9. The summed E-state index contributed by atoms with van der Waals surface area (Å²) < 4.78 is 23.0. The van der Waals surface area contributed by atoms with Gasteiger partial charge in [0.15, 0.2) is 0 Å². The maximum Gasteiger partial charge on any atom is 0.321 e. The molecule has 3 aliphatic heterocycles. The Bertz CT molecular complexity index is 1620. The second-order valence-electron chi connectivity index (χ2n) is 14.9. The van der Waals surface area contributed by atoms with E-state index in [-0.39, 0.29) is 19.1 Å². The molecule has 3 heterocycles. The van der Waals surface area contributed by atoms with Crippen LogP contribution in [0.5, 0.6) is 11.5 Å². The molecule has 2 N–H and O–H groups in total. The van der Waals surface area contributed by atoms with Gasteiger partial charge in [0.2, 0.25) is 0 Å². The first-order valence-electron chi connectivity index (χ1n) is 20.0. The number of aliphatic hydroxyl groups excluding tert-OH is 2. The molecule has 0 aliphatic carbocycles. The van der Waals surface area contributed by atoms with E-state index < -0.39 is 24.3 Å². The zero-order valence-corrected chi connectivity index (χ0v) is 32.2. The average Bonchev–Trinajstić information content (AvgIpc) is 3.30. The predicted octanol–water partition coefficient (Wildman–Crippen LogP) is 4.49. The lowest BCUT2D eigenvalue weighted by molar-refractivity contribution is -0.0408. The van der Waals surface area contributed by atoms with Crippen LogP contribution in [0.15, 0.2) is 109 Å². The second kappa shape index (κ2) is 20.1. The van der Waals surface area contributed by atoms with Crippen molar-refractivity contribution in [3.63, 3.8) is 0 Å². The molecule has 2 amide bonds. The van der Waals surface area contributed by atoms with Crippen molar-refractivity contribution in [2.45, 2.75) is 50.2 Å². The third-order valence-electron chi connectivity index (χ3n) is 11.1. The van der Waals surface area contributed by atoms with E-state index >= 15 is 4.79 Å². The minimum Gasteiger partial charge on any atom is -0.492 e. The lowest BCUT2D eigenvalue weighted by Crippen LogP contribution is -2.50. The molecule has 0 bridgehead atoms. The number of carbonyl (C=O) groups is 1. The van der Waals surface area contributed by atoms with Crippen LogP contribution in [0.4, 0.5) is 4.79 Å². The number of nitrogens with zero attached hydrogens (tertiary/aromatic N) is 4. The molecule has 0 spiro atoms.